The number of methoxy groups -OCH3 is 1. The minimum absolute atomic E-state index is 0.0475. The fourth-order valence-corrected chi connectivity index (χ4v) is 2.37. The summed E-state index contributed by atoms with van der Waals surface area (Å²) >= 11 is 0. The summed E-state index contributed by atoms with van der Waals surface area (Å²) in [5, 5.41) is 8.90. The molecule has 0 aliphatic carbocycles. The molecule has 2 aromatic carbocycles. The van der Waals surface area contributed by atoms with Gasteiger partial charge in [-0.1, -0.05) is 18.2 Å². The molecule has 3 heteroatoms. The number of hydrogen-bond donors (Lipinski definition) is 0. The zero-order valence-electron chi connectivity index (χ0n) is 10.6. The van der Waals surface area contributed by atoms with Crippen LogP contribution in [0.5, 0.6) is 5.75 Å². The molecule has 1 aliphatic rings. The van der Waals surface area contributed by atoms with Crippen LogP contribution in [0.1, 0.15) is 28.4 Å². The average Bonchev–Trinajstić information content (AvgIpc) is 2.90. The summed E-state index contributed by atoms with van der Waals surface area (Å²) in [6.45, 7) is 0.557. The van der Waals surface area contributed by atoms with E-state index in [2.05, 4.69) is 6.07 Å². The van der Waals surface area contributed by atoms with Gasteiger partial charge in [-0.15, -0.1) is 0 Å². The molecule has 19 heavy (non-hydrogen) atoms. The van der Waals surface area contributed by atoms with E-state index in [1.165, 1.54) is 0 Å². The highest BCUT2D eigenvalue weighted by Gasteiger charge is 2.24. The molecular formula is C16H13NO2. The van der Waals surface area contributed by atoms with Crippen molar-refractivity contribution < 1.29 is 9.47 Å². The van der Waals surface area contributed by atoms with Crippen LogP contribution in [-0.2, 0) is 11.3 Å². The molecule has 0 bridgehead atoms. The van der Waals surface area contributed by atoms with Crippen LogP contribution in [0.15, 0.2) is 42.5 Å². The van der Waals surface area contributed by atoms with E-state index in [0.29, 0.717) is 12.2 Å². The molecule has 1 unspecified atom stereocenters. The van der Waals surface area contributed by atoms with Crippen LogP contribution in [0.4, 0.5) is 0 Å². The molecule has 3 rings (SSSR count). The second-order valence-corrected chi connectivity index (χ2v) is 4.49. The van der Waals surface area contributed by atoms with Crippen LogP contribution in [0.25, 0.3) is 0 Å². The average molecular weight is 251 g/mol. The molecule has 0 N–H and O–H groups in total. The van der Waals surface area contributed by atoms with Gasteiger partial charge < -0.3 is 9.47 Å². The third-order valence-electron chi connectivity index (χ3n) is 3.38. The third-order valence-corrected chi connectivity index (χ3v) is 3.38. The molecule has 0 saturated carbocycles. The van der Waals surface area contributed by atoms with Crippen molar-refractivity contribution in [2.45, 2.75) is 12.7 Å². The summed E-state index contributed by atoms with van der Waals surface area (Å²) in [6, 6.07) is 15.8. The molecule has 1 heterocycles. The van der Waals surface area contributed by atoms with Crippen LogP contribution in [0.2, 0.25) is 0 Å². The van der Waals surface area contributed by atoms with E-state index in [-0.39, 0.29) is 6.10 Å². The van der Waals surface area contributed by atoms with Gasteiger partial charge in [0.1, 0.15) is 11.9 Å². The topological polar surface area (TPSA) is 42.2 Å². The van der Waals surface area contributed by atoms with Crippen molar-refractivity contribution >= 4 is 0 Å². The lowest BCUT2D eigenvalue weighted by Gasteiger charge is -2.12. The summed E-state index contributed by atoms with van der Waals surface area (Å²) in [6.07, 6.45) is -0.0475. The Labute approximate surface area is 112 Å². The number of hydrogen-bond acceptors (Lipinski definition) is 3. The first-order valence-electron chi connectivity index (χ1n) is 6.10. The number of benzene rings is 2. The number of rotatable bonds is 2. The summed E-state index contributed by atoms with van der Waals surface area (Å²) in [5.41, 5.74) is 4.02. The van der Waals surface area contributed by atoms with Gasteiger partial charge in [0.15, 0.2) is 0 Å². The standard InChI is InChI=1S/C16H13NO2/c1-18-14-5-3-12(4-6-14)16-15-7-2-11(9-17)8-13(15)10-19-16/h2-8,16H,10H2,1H3. The molecule has 0 spiro atoms. The van der Waals surface area contributed by atoms with Crippen molar-refractivity contribution in [2.24, 2.45) is 0 Å². The maximum absolute atomic E-state index is 8.90. The number of ether oxygens (including phenoxy) is 2. The molecule has 0 saturated heterocycles. The number of nitrogens with zero attached hydrogens (tertiary/aromatic N) is 1. The summed E-state index contributed by atoms with van der Waals surface area (Å²) < 4.78 is 11.0. The number of nitriles is 1. The molecular weight excluding hydrogens is 238 g/mol. The highest BCUT2D eigenvalue weighted by molar-refractivity contribution is 5.44. The minimum Gasteiger partial charge on any atom is -0.497 e. The molecule has 0 radical (unpaired) electrons. The lowest BCUT2D eigenvalue weighted by molar-refractivity contribution is 0.0939. The zero-order valence-corrected chi connectivity index (χ0v) is 10.6. The highest BCUT2D eigenvalue weighted by atomic mass is 16.5. The van der Waals surface area contributed by atoms with Crippen molar-refractivity contribution in [1.29, 1.82) is 5.26 Å². The van der Waals surface area contributed by atoms with Crippen molar-refractivity contribution in [3.05, 3.63) is 64.7 Å². The maximum atomic E-state index is 8.90. The van der Waals surface area contributed by atoms with Crippen LogP contribution < -0.4 is 4.74 Å². The van der Waals surface area contributed by atoms with Crippen LogP contribution in [-0.4, -0.2) is 7.11 Å². The lowest BCUT2D eigenvalue weighted by Crippen LogP contribution is -1.98. The van der Waals surface area contributed by atoms with Gasteiger partial charge in [-0.25, -0.2) is 0 Å². The predicted octanol–water partition coefficient (Wildman–Crippen LogP) is 3.19. The van der Waals surface area contributed by atoms with Crippen molar-refractivity contribution in [3.63, 3.8) is 0 Å². The smallest absolute Gasteiger partial charge is 0.118 e. The Kier molecular flexibility index (Phi) is 2.94. The Balaban J connectivity index is 1.95. The van der Waals surface area contributed by atoms with Crippen LogP contribution in [0, 0.1) is 11.3 Å². The Morgan fingerprint density at radius 3 is 2.68 bits per heavy atom. The normalized spacial score (nSPS) is 16.7. The van der Waals surface area contributed by atoms with Crippen molar-refractivity contribution in [1.82, 2.24) is 0 Å². The third kappa shape index (κ3) is 2.07. The van der Waals surface area contributed by atoms with E-state index in [9.17, 15) is 0 Å². The maximum Gasteiger partial charge on any atom is 0.118 e. The molecule has 94 valence electrons. The highest BCUT2D eigenvalue weighted by Crippen LogP contribution is 2.36. The summed E-state index contributed by atoms with van der Waals surface area (Å²) in [7, 11) is 1.65. The number of fused-ring (bicyclic) bond motifs is 1. The zero-order chi connectivity index (χ0) is 13.2. The van der Waals surface area contributed by atoms with E-state index in [1.807, 2.05) is 42.5 Å². The minimum atomic E-state index is -0.0475. The largest absolute Gasteiger partial charge is 0.497 e. The molecule has 3 nitrogen and oxygen atoms in total. The van der Waals surface area contributed by atoms with Gasteiger partial charge in [0.25, 0.3) is 0 Å². The van der Waals surface area contributed by atoms with Crippen molar-refractivity contribution in [2.75, 3.05) is 7.11 Å². The van der Waals surface area contributed by atoms with E-state index in [4.69, 9.17) is 14.7 Å². The van der Waals surface area contributed by atoms with Gasteiger partial charge in [0, 0.05) is 0 Å². The van der Waals surface area contributed by atoms with E-state index in [1.54, 1.807) is 7.11 Å². The second kappa shape index (κ2) is 4.75. The Hall–Kier alpha value is -2.31. The first-order chi connectivity index (χ1) is 9.31. The molecule has 1 atom stereocenters. The van der Waals surface area contributed by atoms with Gasteiger partial charge >= 0.3 is 0 Å². The van der Waals surface area contributed by atoms with Gasteiger partial charge in [-0.3, -0.25) is 0 Å². The summed E-state index contributed by atoms with van der Waals surface area (Å²) in [5.74, 6) is 0.835. The monoisotopic (exact) mass is 251 g/mol. The lowest BCUT2D eigenvalue weighted by atomic mass is 9.98. The fourth-order valence-electron chi connectivity index (χ4n) is 2.37. The van der Waals surface area contributed by atoms with Gasteiger partial charge in [-0.05, 0) is 41.0 Å². The van der Waals surface area contributed by atoms with Gasteiger partial charge in [0.05, 0.1) is 25.3 Å². The SMILES string of the molecule is COc1ccc(C2OCc3cc(C#N)ccc32)cc1. The Bertz CT molecular complexity index is 641. The molecule has 2 aromatic rings. The summed E-state index contributed by atoms with van der Waals surface area (Å²) in [4.78, 5) is 0. The molecule has 1 aliphatic heterocycles. The molecule has 0 amide bonds. The van der Waals surface area contributed by atoms with E-state index < -0.39 is 0 Å². The first-order valence-corrected chi connectivity index (χ1v) is 6.10. The first kappa shape index (κ1) is 11.8. The van der Waals surface area contributed by atoms with Crippen LogP contribution >= 0.6 is 0 Å². The van der Waals surface area contributed by atoms with Gasteiger partial charge in [-0.2, -0.15) is 5.26 Å². The van der Waals surface area contributed by atoms with Crippen molar-refractivity contribution in [3.8, 4) is 11.8 Å². The predicted molar refractivity (Wildman–Crippen MR) is 70.8 cm³/mol. The molecule has 0 fully saturated rings. The van der Waals surface area contributed by atoms with Gasteiger partial charge in [0.2, 0.25) is 0 Å². The van der Waals surface area contributed by atoms with Crippen LogP contribution in [0.3, 0.4) is 0 Å². The van der Waals surface area contributed by atoms with E-state index >= 15 is 0 Å². The Morgan fingerprint density at radius 1 is 1.21 bits per heavy atom. The fraction of sp³-hybridized carbons (Fsp3) is 0.188. The Morgan fingerprint density at radius 2 is 2.00 bits per heavy atom. The molecule has 0 aromatic heterocycles. The second-order valence-electron chi connectivity index (χ2n) is 4.49. The quantitative estimate of drug-likeness (QED) is 0.823. The van der Waals surface area contributed by atoms with E-state index in [0.717, 1.165) is 22.4 Å².